The number of rotatable bonds is 4. The van der Waals surface area contributed by atoms with Crippen molar-refractivity contribution in [1.82, 2.24) is 9.80 Å². The summed E-state index contributed by atoms with van der Waals surface area (Å²) in [6, 6.07) is 8.07. The Bertz CT molecular complexity index is 440. The lowest BCUT2D eigenvalue weighted by molar-refractivity contribution is -0.143. The van der Waals surface area contributed by atoms with Gasteiger partial charge < -0.3 is 5.11 Å². The van der Waals surface area contributed by atoms with Crippen LogP contribution in [0.15, 0.2) is 24.3 Å². The molecule has 0 saturated carbocycles. The van der Waals surface area contributed by atoms with E-state index in [1.165, 1.54) is 11.1 Å². The summed E-state index contributed by atoms with van der Waals surface area (Å²) in [4.78, 5) is 15.4. The van der Waals surface area contributed by atoms with Crippen LogP contribution in [0.2, 0.25) is 0 Å². The second-order valence-corrected chi connectivity index (χ2v) is 5.25. The highest BCUT2D eigenvalue weighted by Gasteiger charge is 2.25. The van der Waals surface area contributed by atoms with Gasteiger partial charge in [-0.05, 0) is 25.0 Å². The molecule has 0 radical (unpaired) electrons. The van der Waals surface area contributed by atoms with Crippen LogP contribution in [-0.4, -0.2) is 53.1 Å². The molecule has 19 heavy (non-hydrogen) atoms. The van der Waals surface area contributed by atoms with Crippen LogP contribution in [-0.2, 0) is 11.3 Å². The maximum absolute atomic E-state index is 11.0. The van der Waals surface area contributed by atoms with Gasteiger partial charge in [0.15, 0.2) is 0 Å². The minimum Gasteiger partial charge on any atom is -0.480 e. The Morgan fingerprint density at radius 1 is 1.26 bits per heavy atom. The van der Waals surface area contributed by atoms with Gasteiger partial charge >= 0.3 is 5.97 Å². The van der Waals surface area contributed by atoms with Crippen molar-refractivity contribution in [3.8, 4) is 0 Å². The molecule has 1 aromatic carbocycles. The average Bonchev–Trinajstić information content (AvgIpc) is 2.41. The molecule has 1 aliphatic heterocycles. The van der Waals surface area contributed by atoms with E-state index in [0.29, 0.717) is 0 Å². The Labute approximate surface area is 114 Å². The van der Waals surface area contributed by atoms with E-state index in [2.05, 4.69) is 36.1 Å². The molecule has 1 saturated heterocycles. The molecule has 0 unspecified atom stereocenters. The molecule has 1 aliphatic rings. The first-order valence-electron chi connectivity index (χ1n) is 6.81. The second kappa shape index (κ2) is 6.17. The molecule has 0 aromatic heterocycles. The van der Waals surface area contributed by atoms with Crippen LogP contribution in [0.3, 0.4) is 0 Å². The summed E-state index contributed by atoms with van der Waals surface area (Å²) in [6.45, 7) is 8.40. The van der Waals surface area contributed by atoms with Gasteiger partial charge in [-0.2, -0.15) is 0 Å². The van der Waals surface area contributed by atoms with E-state index in [4.69, 9.17) is 5.11 Å². The van der Waals surface area contributed by atoms with Crippen molar-refractivity contribution in [2.45, 2.75) is 26.4 Å². The van der Waals surface area contributed by atoms with Crippen molar-refractivity contribution in [1.29, 1.82) is 0 Å². The molecule has 4 nitrogen and oxygen atoms in total. The number of benzene rings is 1. The molecule has 2 rings (SSSR count). The Balaban J connectivity index is 1.87. The summed E-state index contributed by atoms with van der Waals surface area (Å²) in [5.74, 6) is -0.729. The van der Waals surface area contributed by atoms with Crippen LogP contribution in [0, 0.1) is 6.92 Å². The maximum Gasteiger partial charge on any atom is 0.320 e. The predicted octanol–water partition coefficient (Wildman–Crippen LogP) is 1.59. The van der Waals surface area contributed by atoms with Crippen molar-refractivity contribution < 1.29 is 9.90 Å². The number of nitrogens with zero attached hydrogens (tertiary/aromatic N) is 2. The average molecular weight is 262 g/mol. The van der Waals surface area contributed by atoms with E-state index in [1.54, 1.807) is 6.92 Å². The van der Waals surface area contributed by atoms with Gasteiger partial charge in [0.2, 0.25) is 0 Å². The topological polar surface area (TPSA) is 43.8 Å². The third kappa shape index (κ3) is 3.55. The standard InChI is InChI=1S/C15H22N2O2/c1-12-5-3-4-6-14(12)11-16-7-9-17(10-8-16)13(2)15(18)19/h3-6,13H,7-11H2,1-2H3,(H,18,19)/t13-/m1/s1. The quantitative estimate of drug-likeness (QED) is 0.895. The van der Waals surface area contributed by atoms with E-state index >= 15 is 0 Å². The third-order valence-corrected chi connectivity index (χ3v) is 3.97. The molecule has 1 N–H and O–H groups in total. The highest BCUT2D eigenvalue weighted by Crippen LogP contribution is 2.13. The van der Waals surface area contributed by atoms with Gasteiger partial charge in [0.1, 0.15) is 6.04 Å². The fraction of sp³-hybridized carbons (Fsp3) is 0.533. The Morgan fingerprint density at radius 2 is 1.89 bits per heavy atom. The Hall–Kier alpha value is -1.39. The van der Waals surface area contributed by atoms with Gasteiger partial charge in [-0.1, -0.05) is 24.3 Å². The predicted molar refractivity (Wildman–Crippen MR) is 75.1 cm³/mol. The van der Waals surface area contributed by atoms with Crippen LogP contribution in [0.25, 0.3) is 0 Å². The molecule has 4 heteroatoms. The van der Waals surface area contributed by atoms with Crippen LogP contribution >= 0.6 is 0 Å². The summed E-state index contributed by atoms with van der Waals surface area (Å²) in [7, 11) is 0. The number of hydrogen-bond donors (Lipinski definition) is 1. The summed E-state index contributed by atoms with van der Waals surface area (Å²) in [5, 5.41) is 9.02. The molecule has 1 atom stereocenters. The first-order valence-corrected chi connectivity index (χ1v) is 6.81. The molecule has 0 bridgehead atoms. The molecule has 104 valence electrons. The molecular weight excluding hydrogens is 240 g/mol. The fourth-order valence-electron chi connectivity index (χ4n) is 2.49. The number of hydrogen-bond acceptors (Lipinski definition) is 3. The first kappa shape index (κ1) is 14.0. The summed E-state index contributed by atoms with van der Waals surface area (Å²) in [6.07, 6.45) is 0. The fourth-order valence-corrected chi connectivity index (χ4v) is 2.49. The van der Waals surface area contributed by atoms with Gasteiger partial charge in [0, 0.05) is 32.7 Å². The van der Waals surface area contributed by atoms with E-state index in [1.807, 2.05) is 4.90 Å². The number of aliphatic carboxylic acids is 1. The minimum absolute atomic E-state index is 0.374. The van der Waals surface area contributed by atoms with Gasteiger partial charge in [-0.15, -0.1) is 0 Å². The lowest BCUT2D eigenvalue weighted by Crippen LogP contribution is -2.51. The van der Waals surface area contributed by atoms with Crippen LogP contribution in [0.5, 0.6) is 0 Å². The monoisotopic (exact) mass is 262 g/mol. The third-order valence-electron chi connectivity index (χ3n) is 3.97. The van der Waals surface area contributed by atoms with Crippen molar-refractivity contribution in [2.24, 2.45) is 0 Å². The van der Waals surface area contributed by atoms with E-state index < -0.39 is 5.97 Å². The molecule has 0 amide bonds. The van der Waals surface area contributed by atoms with Crippen LogP contribution in [0.4, 0.5) is 0 Å². The molecule has 0 spiro atoms. The van der Waals surface area contributed by atoms with Gasteiger partial charge in [-0.25, -0.2) is 0 Å². The zero-order valence-electron chi connectivity index (χ0n) is 11.7. The van der Waals surface area contributed by atoms with Gasteiger partial charge in [0.05, 0.1) is 0 Å². The number of carbonyl (C=O) groups is 1. The first-order chi connectivity index (χ1) is 9.08. The molecular formula is C15H22N2O2. The highest BCUT2D eigenvalue weighted by molar-refractivity contribution is 5.72. The largest absolute Gasteiger partial charge is 0.480 e. The van der Waals surface area contributed by atoms with Crippen molar-refractivity contribution in [3.63, 3.8) is 0 Å². The maximum atomic E-state index is 11.0. The smallest absolute Gasteiger partial charge is 0.320 e. The van der Waals surface area contributed by atoms with Crippen LogP contribution in [0.1, 0.15) is 18.1 Å². The summed E-state index contributed by atoms with van der Waals surface area (Å²) in [5.41, 5.74) is 2.69. The lowest BCUT2D eigenvalue weighted by Gasteiger charge is -2.36. The number of carboxylic acids is 1. The van der Waals surface area contributed by atoms with Crippen molar-refractivity contribution >= 4 is 5.97 Å². The van der Waals surface area contributed by atoms with Crippen molar-refractivity contribution in [3.05, 3.63) is 35.4 Å². The normalized spacial score (nSPS) is 19.3. The lowest BCUT2D eigenvalue weighted by atomic mass is 10.1. The van der Waals surface area contributed by atoms with Crippen molar-refractivity contribution in [2.75, 3.05) is 26.2 Å². The Kier molecular flexibility index (Phi) is 4.56. The summed E-state index contributed by atoms with van der Waals surface area (Å²) < 4.78 is 0. The van der Waals surface area contributed by atoms with Gasteiger partial charge in [0.25, 0.3) is 0 Å². The van der Waals surface area contributed by atoms with E-state index in [-0.39, 0.29) is 6.04 Å². The SMILES string of the molecule is Cc1ccccc1CN1CCN([C@H](C)C(=O)O)CC1. The van der Waals surface area contributed by atoms with E-state index in [0.717, 1.165) is 32.7 Å². The van der Waals surface area contributed by atoms with Crippen LogP contribution < -0.4 is 0 Å². The summed E-state index contributed by atoms with van der Waals surface area (Å²) >= 11 is 0. The minimum atomic E-state index is -0.729. The molecule has 0 aliphatic carbocycles. The zero-order valence-corrected chi connectivity index (χ0v) is 11.7. The second-order valence-electron chi connectivity index (χ2n) is 5.25. The molecule has 1 heterocycles. The molecule has 1 aromatic rings. The van der Waals surface area contributed by atoms with E-state index in [9.17, 15) is 4.79 Å². The van der Waals surface area contributed by atoms with Gasteiger partial charge in [-0.3, -0.25) is 14.6 Å². The number of carboxylic acid groups (broad SMARTS) is 1. The number of piperazine rings is 1. The number of aryl methyl sites for hydroxylation is 1. The zero-order chi connectivity index (χ0) is 13.8. The molecule has 1 fully saturated rings. The highest BCUT2D eigenvalue weighted by atomic mass is 16.4. The Morgan fingerprint density at radius 3 is 2.47 bits per heavy atom.